The van der Waals surface area contributed by atoms with Gasteiger partial charge in [0.25, 0.3) is 0 Å². The van der Waals surface area contributed by atoms with E-state index in [1.807, 2.05) is 0 Å². The summed E-state index contributed by atoms with van der Waals surface area (Å²) in [4.78, 5) is 9.69. The zero-order valence-electron chi connectivity index (χ0n) is 7.98. The molecular formula is C9H15O5. The monoisotopic (exact) mass is 203 g/mol. The third-order valence-electron chi connectivity index (χ3n) is 0.425. The smallest absolute Gasteiger partial charge is 0.331 e. The Morgan fingerprint density at radius 1 is 1.21 bits per heavy atom. The van der Waals surface area contributed by atoms with Gasteiger partial charge in [-0.05, 0) is 20.8 Å². The lowest BCUT2D eigenvalue weighted by Gasteiger charge is -1.87. The van der Waals surface area contributed by atoms with E-state index in [1.165, 1.54) is 0 Å². The molecular weight excluding hydrogens is 188 g/mol. The predicted molar refractivity (Wildman–Crippen MR) is 49.9 cm³/mol. The van der Waals surface area contributed by atoms with Crippen LogP contribution in [0.15, 0.2) is 12.3 Å². The van der Waals surface area contributed by atoms with E-state index in [9.17, 15) is 4.79 Å². The average molecular weight is 203 g/mol. The maximum absolute atomic E-state index is 9.69. The molecule has 0 aromatic rings. The molecule has 5 nitrogen and oxygen atoms in total. The minimum Gasteiger partial charge on any atom is -0.501 e. The molecule has 1 N–H and O–H groups in total. The second-order valence-corrected chi connectivity index (χ2v) is 1.42. The Bertz CT molecular complexity index is 120. The normalized spacial score (nSPS) is 8.07. The first-order valence-electron chi connectivity index (χ1n) is 3.65. The number of carbonyl (C=O) groups is 1. The Balaban J connectivity index is -0.000000168. The number of carboxylic acid groups (broad SMARTS) is 1. The van der Waals surface area contributed by atoms with Crippen molar-refractivity contribution in [1.82, 2.24) is 0 Å². The quantitative estimate of drug-likeness (QED) is 0.547. The highest BCUT2D eigenvalue weighted by molar-refractivity contribution is 5.79. The Kier molecular flexibility index (Phi) is 30.2. The summed E-state index contributed by atoms with van der Waals surface area (Å²) in [6.07, 6.45) is 2.00. The fourth-order valence-corrected chi connectivity index (χ4v) is 0.174. The van der Waals surface area contributed by atoms with Crippen molar-refractivity contribution < 1.29 is 24.9 Å². The van der Waals surface area contributed by atoms with E-state index >= 15 is 0 Å². The molecule has 0 heterocycles. The van der Waals surface area contributed by atoms with Crippen LogP contribution in [0, 0.1) is 20.8 Å². The minimum atomic E-state index is -1.02. The molecule has 5 radical (unpaired) electrons. The van der Waals surface area contributed by atoms with Gasteiger partial charge in [-0.1, -0.05) is 0 Å². The summed E-state index contributed by atoms with van der Waals surface area (Å²) >= 11 is 0. The van der Waals surface area contributed by atoms with Crippen molar-refractivity contribution in [3.8, 4) is 0 Å². The molecule has 0 aliphatic carbocycles. The summed E-state index contributed by atoms with van der Waals surface area (Å²) < 4.78 is 4.47. The maximum atomic E-state index is 9.69. The van der Waals surface area contributed by atoms with Crippen molar-refractivity contribution >= 4 is 5.97 Å². The second-order valence-electron chi connectivity index (χ2n) is 1.42. The van der Waals surface area contributed by atoms with E-state index in [4.69, 9.17) is 15.3 Å². The molecule has 0 bridgehead atoms. The van der Waals surface area contributed by atoms with Crippen molar-refractivity contribution in [1.29, 1.82) is 0 Å². The lowest BCUT2D eigenvalue weighted by atomic mass is 10.6. The van der Waals surface area contributed by atoms with Crippen LogP contribution in [0.1, 0.15) is 0 Å². The summed E-state index contributed by atoms with van der Waals surface area (Å²) in [5.41, 5.74) is 0. The van der Waals surface area contributed by atoms with E-state index in [2.05, 4.69) is 25.5 Å². The summed E-state index contributed by atoms with van der Waals surface area (Å²) in [7, 11) is 0. The molecule has 0 aromatic heterocycles. The van der Waals surface area contributed by atoms with Crippen molar-refractivity contribution in [3.63, 3.8) is 0 Å². The van der Waals surface area contributed by atoms with Gasteiger partial charge >= 0.3 is 5.97 Å². The highest BCUT2D eigenvalue weighted by Gasteiger charge is 1.81. The summed E-state index contributed by atoms with van der Waals surface area (Å²) in [6.45, 7) is 8.93. The molecule has 0 amide bonds. The minimum absolute atomic E-state index is 0.250. The molecule has 0 fully saturated rings. The van der Waals surface area contributed by atoms with Gasteiger partial charge in [0.1, 0.15) is 0 Å². The SMILES string of the molecule is [CH2]COC=CC(=O)O.[CH2]C[O].[CH2]C[O]. The van der Waals surface area contributed by atoms with Gasteiger partial charge in [0.2, 0.25) is 0 Å². The number of ether oxygens (including phenoxy) is 1. The van der Waals surface area contributed by atoms with Crippen LogP contribution in [-0.4, -0.2) is 30.9 Å². The van der Waals surface area contributed by atoms with Crippen molar-refractivity contribution in [2.45, 2.75) is 0 Å². The highest BCUT2D eigenvalue weighted by atomic mass is 16.5. The van der Waals surface area contributed by atoms with E-state index < -0.39 is 5.97 Å². The number of aliphatic carboxylic acids is 1. The Morgan fingerprint density at radius 3 is 1.79 bits per heavy atom. The zero-order chi connectivity index (χ0) is 11.8. The van der Waals surface area contributed by atoms with Gasteiger partial charge in [0.15, 0.2) is 0 Å². The molecule has 0 aromatic carbocycles. The molecule has 14 heavy (non-hydrogen) atoms. The Hall–Kier alpha value is -1.07. The molecule has 0 rings (SSSR count). The standard InChI is InChI=1S/C5H7O3.2C2H4O/c1-2-8-4-3-5(6)7;2*1-2-3/h3-4H,1-2H2,(H,6,7);2*1-2H2. The van der Waals surface area contributed by atoms with Gasteiger partial charge in [-0.25, -0.2) is 15.0 Å². The lowest BCUT2D eigenvalue weighted by Crippen LogP contribution is -1.87. The molecule has 0 atom stereocenters. The molecule has 0 aliphatic rings. The number of hydrogen-bond donors (Lipinski definition) is 1. The van der Waals surface area contributed by atoms with Crippen LogP contribution >= 0.6 is 0 Å². The first-order chi connectivity index (χ1) is 6.60. The molecule has 0 spiro atoms. The zero-order valence-corrected chi connectivity index (χ0v) is 7.98. The van der Waals surface area contributed by atoms with Crippen molar-refractivity contribution in [3.05, 3.63) is 33.1 Å². The molecule has 0 saturated heterocycles. The molecule has 81 valence electrons. The fraction of sp³-hybridized carbons (Fsp3) is 0.333. The fourth-order valence-electron chi connectivity index (χ4n) is 0.174. The largest absolute Gasteiger partial charge is 0.501 e. The number of carboxylic acids is 1. The molecule has 0 unspecified atom stereocenters. The Labute approximate surface area is 84.6 Å². The average Bonchev–Trinajstić information content (AvgIpc) is 2.07. The summed E-state index contributed by atoms with van der Waals surface area (Å²) in [5, 5.41) is 25.6. The first-order valence-corrected chi connectivity index (χ1v) is 3.65. The third kappa shape index (κ3) is 69.8. The van der Waals surface area contributed by atoms with Crippen LogP contribution in [0.5, 0.6) is 0 Å². The van der Waals surface area contributed by atoms with E-state index in [-0.39, 0.29) is 19.8 Å². The number of rotatable bonds is 3. The van der Waals surface area contributed by atoms with Gasteiger partial charge in [-0.3, -0.25) is 0 Å². The van der Waals surface area contributed by atoms with Crippen LogP contribution < -0.4 is 0 Å². The second kappa shape index (κ2) is 22.7. The van der Waals surface area contributed by atoms with Crippen molar-refractivity contribution in [2.75, 3.05) is 19.8 Å². The Morgan fingerprint density at radius 2 is 1.57 bits per heavy atom. The molecule has 0 aliphatic heterocycles. The van der Waals surface area contributed by atoms with Gasteiger partial charge in [-0.2, -0.15) is 0 Å². The van der Waals surface area contributed by atoms with E-state index in [0.29, 0.717) is 0 Å². The summed E-state index contributed by atoms with van der Waals surface area (Å²) in [6, 6.07) is 0. The van der Waals surface area contributed by atoms with Crippen LogP contribution in [0.2, 0.25) is 0 Å². The molecule has 5 heteroatoms. The summed E-state index contributed by atoms with van der Waals surface area (Å²) in [5.74, 6) is -1.02. The van der Waals surface area contributed by atoms with Crippen molar-refractivity contribution in [2.24, 2.45) is 0 Å². The third-order valence-corrected chi connectivity index (χ3v) is 0.425. The van der Waals surface area contributed by atoms with Crippen LogP contribution in [-0.2, 0) is 19.7 Å². The predicted octanol–water partition coefficient (Wildman–Crippen LogP) is 0.937. The topological polar surface area (TPSA) is 86.3 Å². The lowest BCUT2D eigenvalue weighted by molar-refractivity contribution is -0.131. The van der Waals surface area contributed by atoms with Crippen LogP contribution in [0.4, 0.5) is 0 Å². The maximum Gasteiger partial charge on any atom is 0.331 e. The molecule has 0 saturated carbocycles. The van der Waals surface area contributed by atoms with Gasteiger partial charge in [0.05, 0.1) is 32.2 Å². The van der Waals surface area contributed by atoms with E-state index in [0.717, 1.165) is 12.3 Å². The number of hydrogen-bond acceptors (Lipinski definition) is 2. The highest BCUT2D eigenvalue weighted by Crippen LogP contribution is 1.74. The van der Waals surface area contributed by atoms with E-state index in [1.54, 1.807) is 0 Å². The van der Waals surface area contributed by atoms with Crippen LogP contribution in [0.3, 0.4) is 0 Å². The van der Waals surface area contributed by atoms with Crippen LogP contribution in [0.25, 0.3) is 0 Å². The van der Waals surface area contributed by atoms with Gasteiger partial charge < -0.3 is 9.84 Å². The first kappa shape index (κ1) is 18.7. The van der Waals surface area contributed by atoms with Gasteiger partial charge in [-0.15, -0.1) is 0 Å². The van der Waals surface area contributed by atoms with Gasteiger partial charge in [0, 0.05) is 0 Å².